The van der Waals surface area contributed by atoms with Crippen molar-refractivity contribution in [2.24, 2.45) is 0 Å². The third-order valence-corrected chi connectivity index (χ3v) is 7.03. The summed E-state index contributed by atoms with van der Waals surface area (Å²) in [5, 5.41) is 2.70. The van der Waals surface area contributed by atoms with Crippen LogP contribution in [0.3, 0.4) is 0 Å². The second-order valence-electron chi connectivity index (χ2n) is 5.55. The van der Waals surface area contributed by atoms with Gasteiger partial charge >= 0.3 is 0 Å². The van der Waals surface area contributed by atoms with Crippen LogP contribution in [-0.4, -0.2) is 33.9 Å². The predicted molar refractivity (Wildman–Crippen MR) is 99.5 cm³/mol. The van der Waals surface area contributed by atoms with Gasteiger partial charge in [0.15, 0.2) is 0 Å². The van der Waals surface area contributed by atoms with E-state index in [9.17, 15) is 8.42 Å². The monoisotopic (exact) mass is 380 g/mol. The molecule has 3 aromatic rings. The Kier molecular flexibility index (Phi) is 5.14. The van der Waals surface area contributed by atoms with Crippen molar-refractivity contribution in [1.82, 2.24) is 4.57 Å². The molecule has 1 aromatic carbocycles. The number of para-hydroxylation sites is 1. The van der Waals surface area contributed by atoms with Gasteiger partial charge in [0.2, 0.25) is 0 Å². The molecule has 0 bridgehead atoms. The second kappa shape index (κ2) is 7.17. The lowest BCUT2D eigenvalue weighted by molar-refractivity contribution is 0.133. The summed E-state index contributed by atoms with van der Waals surface area (Å²) in [4.78, 5) is 0. The maximum absolute atomic E-state index is 13.1. The van der Waals surface area contributed by atoms with E-state index in [0.717, 1.165) is 16.6 Å². The first-order valence-corrected chi connectivity index (χ1v) is 9.95. The van der Waals surface area contributed by atoms with Crippen LogP contribution in [0.15, 0.2) is 46.0 Å². The van der Waals surface area contributed by atoms with Crippen LogP contribution in [0.5, 0.6) is 0 Å². The van der Waals surface area contributed by atoms with E-state index >= 15 is 0 Å². The van der Waals surface area contributed by atoms with Crippen LogP contribution in [0.1, 0.15) is 5.69 Å². The van der Waals surface area contributed by atoms with Crippen LogP contribution < -0.4 is 4.31 Å². The maximum Gasteiger partial charge on any atom is 0.275 e. The van der Waals surface area contributed by atoms with Crippen LogP contribution in [0.25, 0.3) is 10.9 Å². The van der Waals surface area contributed by atoms with Crippen LogP contribution in [0, 0.1) is 6.92 Å². The van der Waals surface area contributed by atoms with Gasteiger partial charge in [-0.3, -0.25) is 0 Å². The lowest BCUT2D eigenvalue weighted by Gasteiger charge is -2.24. The summed E-state index contributed by atoms with van der Waals surface area (Å²) >= 11 is 1.19. The number of rotatable bonds is 7. The van der Waals surface area contributed by atoms with Crippen molar-refractivity contribution in [2.75, 3.05) is 25.3 Å². The first-order valence-electron chi connectivity index (χ1n) is 7.63. The molecule has 0 unspecified atom stereocenters. The number of fused-ring (bicyclic) bond motifs is 1. The van der Waals surface area contributed by atoms with Crippen molar-refractivity contribution < 1.29 is 17.9 Å². The summed E-state index contributed by atoms with van der Waals surface area (Å²) in [6.07, 6.45) is 0. The zero-order valence-corrected chi connectivity index (χ0v) is 15.9. The SMILES string of the molecule is COCN(c1cccc2cc(C)n(COC)c12)S(=O)(=O)c1cccs1. The highest BCUT2D eigenvalue weighted by Crippen LogP contribution is 2.34. The van der Waals surface area contributed by atoms with Gasteiger partial charge in [-0.2, -0.15) is 0 Å². The molecular weight excluding hydrogens is 360 g/mol. The highest BCUT2D eigenvalue weighted by atomic mass is 32.2. The summed E-state index contributed by atoms with van der Waals surface area (Å²) in [5.41, 5.74) is 2.37. The summed E-state index contributed by atoms with van der Waals surface area (Å²) in [7, 11) is -0.617. The van der Waals surface area contributed by atoms with Gasteiger partial charge in [-0.05, 0) is 30.5 Å². The number of methoxy groups -OCH3 is 2. The Morgan fingerprint density at radius 3 is 2.60 bits per heavy atom. The minimum atomic E-state index is -3.71. The molecule has 0 aliphatic heterocycles. The van der Waals surface area contributed by atoms with Crippen LogP contribution >= 0.6 is 11.3 Å². The molecule has 0 saturated carbocycles. The van der Waals surface area contributed by atoms with E-state index in [0.29, 0.717) is 12.4 Å². The average molecular weight is 380 g/mol. The molecule has 0 atom stereocenters. The smallest absolute Gasteiger partial charge is 0.275 e. The fraction of sp³-hybridized carbons (Fsp3) is 0.294. The van der Waals surface area contributed by atoms with Gasteiger partial charge in [0.05, 0.1) is 11.2 Å². The number of sulfonamides is 1. The number of ether oxygens (including phenoxy) is 2. The Hall–Kier alpha value is -1.87. The van der Waals surface area contributed by atoms with E-state index in [1.165, 1.54) is 22.8 Å². The number of aryl methyl sites for hydroxylation is 1. The Bertz CT molecular complexity index is 962. The minimum Gasteiger partial charge on any atom is -0.364 e. The maximum atomic E-state index is 13.1. The van der Waals surface area contributed by atoms with Crippen molar-refractivity contribution in [1.29, 1.82) is 0 Å². The molecule has 25 heavy (non-hydrogen) atoms. The van der Waals surface area contributed by atoms with E-state index in [1.54, 1.807) is 30.7 Å². The van der Waals surface area contributed by atoms with Gasteiger partial charge in [-0.15, -0.1) is 11.3 Å². The molecule has 2 aromatic heterocycles. The summed E-state index contributed by atoms with van der Waals surface area (Å²) in [6.45, 7) is 2.24. The highest BCUT2D eigenvalue weighted by molar-refractivity contribution is 7.94. The molecule has 0 amide bonds. The van der Waals surface area contributed by atoms with Crippen molar-refractivity contribution >= 4 is 38.0 Å². The quantitative estimate of drug-likeness (QED) is 0.589. The zero-order chi connectivity index (χ0) is 18.0. The fourth-order valence-electron chi connectivity index (χ4n) is 2.84. The van der Waals surface area contributed by atoms with Gasteiger partial charge < -0.3 is 14.0 Å². The molecule has 134 valence electrons. The molecule has 0 saturated heterocycles. The topological polar surface area (TPSA) is 60.8 Å². The van der Waals surface area contributed by atoms with Crippen LogP contribution in [0.2, 0.25) is 0 Å². The molecular formula is C17H20N2O4S2. The third-order valence-electron chi connectivity index (χ3n) is 3.92. The molecule has 0 aliphatic rings. The number of thiophene rings is 1. The van der Waals surface area contributed by atoms with Gasteiger partial charge in [0.25, 0.3) is 10.0 Å². The number of nitrogens with zero attached hydrogens (tertiary/aromatic N) is 2. The van der Waals surface area contributed by atoms with E-state index in [-0.39, 0.29) is 10.9 Å². The first-order chi connectivity index (χ1) is 12.0. The molecule has 0 N–H and O–H groups in total. The van der Waals surface area contributed by atoms with Crippen molar-refractivity contribution in [3.8, 4) is 0 Å². The molecule has 0 spiro atoms. The Morgan fingerprint density at radius 2 is 1.96 bits per heavy atom. The Balaban J connectivity index is 2.24. The number of aromatic nitrogens is 1. The van der Waals surface area contributed by atoms with Gasteiger partial charge in [-0.25, -0.2) is 12.7 Å². The largest absolute Gasteiger partial charge is 0.364 e. The van der Waals surface area contributed by atoms with Crippen LogP contribution in [0.4, 0.5) is 5.69 Å². The number of hydrogen-bond acceptors (Lipinski definition) is 5. The summed E-state index contributed by atoms with van der Waals surface area (Å²) < 4.78 is 40.3. The minimum absolute atomic E-state index is 0.0729. The predicted octanol–water partition coefficient (Wildman–Crippen LogP) is 3.41. The molecule has 0 aliphatic carbocycles. The van der Waals surface area contributed by atoms with Crippen molar-refractivity contribution in [2.45, 2.75) is 17.9 Å². The van der Waals surface area contributed by atoms with Crippen molar-refractivity contribution in [3.63, 3.8) is 0 Å². The molecule has 2 heterocycles. The Labute approximate surface area is 151 Å². The lowest BCUT2D eigenvalue weighted by atomic mass is 10.2. The number of benzene rings is 1. The lowest BCUT2D eigenvalue weighted by Crippen LogP contribution is -2.32. The van der Waals surface area contributed by atoms with Crippen LogP contribution in [-0.2, 0) is 26.2 Å². The van der Waals surface area contributed by atoms with Gasteiger partial charge in [0, 0.05) is 25.3 Å². The third kappa shape index (κ3) is 3.18. The summed E-state index contributed by atoms with van der Waals surface area (Å²) in [5.74, 6) is 0. The molecule has 3 rings (SSSR count). The number of hydrogen-bond donors (Lipinski definition) is 0. The molecule has 6 nitrogen and oxygen atoms in total. The van der Waals surface area contributed by atoms with Crippen molar-refractivity contribution in [3.05, 3.63) is 47.5 Å². The second-order valence-corrected chi connectivity index (χ2v) is 8.59. The first kappa shape index (κ1) is 17.9. The van der Waals surface area contributed by atoms with E-state index in [4.69, 9.17) is 9.47 Å². The number of anilines is 1. The molecule has 0 radical (unpaired) electrons. The average Bonchev–Trinajstić information content (AvgIpc) is 3.22. The van der Waals surface area contributed by atoms with E-state index < -0.39 is 10.0 Å². The van der Waals surface area contributed by atoms with E-state index in [1.807, 2.05) is 29.7 Å². The fourth-order valence-corrected chi connectivity index (χ4v) is 5.33. The summed E-state index contributed by atoms with van der Waals surface area (Å²) in [6, 6.07) is 10.9. The van der Waals surface area contributed by atoms with Gasteiger partial charge in [0.1, 0.15) is 17.7 Å². The zero-order valence-electron chi connectivity index (χ0n) is 14.3. The standard InChI is InChI=1S/C17H20N2O4S2/c1-13-10-14-6-4-7-15(17(14)18(13)11-22-2)19(12-23-3)25(20,21)16-8-5-9-24-16/h4-10H,11-12H2,1-3H3. The van der Waals surface area contributed by atoms with Gasteiger partial charge in [-0.1, -0.05) is 18.2 Å². The normalized spacial score (nSPS) is 12.0. The molecule has 0 fully saturated rings. The highest BCUT2D eigenvalue weighted by Gasteiger charge is 2.28. The Morgan fingerprint density at radius 1 is 1.16 bits per heavy atom. The molecule has 8 heteroatoms. The van der Waals surface area contributed by atoms with E-state index in [2.05, 4.69) is 0 Å².